The van der Waals surface area contributed by atoms with Crippen molar-refractivity contribution in [3.8, 4) is 0 Å². The Morgan fingerprint density at radius 1 is 1.36 bits per heavy atom. The maximum Gasteiger partial charge on any atom is 0.140 e. The highest BCUT2D eigenvalue weighted by molar-refractivity contribution is 5.81. The lowest BCUT2D eigenvalue weighted by atomic mass is 10.1. The Balaban J connectivity index is 2.66. The molecule has 4 heteroatoms. The highest BCUT2D eigenvalue weighted by Crippen LogP contribution is 2.25. The van der Waals surface area contributed by atoms with Crippen LogP contribution in [0.15, 0.2) is 22.8 Å². The molecule has 1 aromatic carbocycles. The van der Waals surface area contributed by atoms with Gasteiger partial charge in [-0.2, -0.15) is 0 Å². The summed E-state index contributed by atoms with van der Waals surface area (Å²) in [7, 11) is 1.75. The molecule has 1 heterocycles. The third kappa shape index (κ3) is 1.37. The normalized spacial score (nSPS) is 11.1. The van der Waals surface area contributed by atoms with E-state index in [-0.39, 0.29) is 5.58 Å². The van der Waals surface area contributed by atoms with Crippen molar-refractivity contribution in [2.45, 2.75) is 6.54 Å². The van der Waals surface area contributed by atoms with E-state index < -0.39 is 11.6 Å². The minimum Gasteiger partial charge on any atom is -0.464 e. The van der Waals surface area contributed by atoms with E-state index in [0.717, 1.165) is 6.07 Å². The van der Waals surface area contributed by atoms with Crippen LogP contribution in [-0.4, -0.2) is 7.05 Å². The molecule has 2 rings (SSSR count). The van der Waals surface area contributed by atoms with Crippen molar-refractivity contribution in [1.82, 2.24) is 5.32 Å². The number of benzene rings is 1. The zero-order valence-electron chi connectivity index (χ0n) is 7.60. The lowest BCUT2D eigenvalue weighted by Crippen LogP contribution is -2.04. The van der Waals surface area contributed by atoms with Crippen molar-refractivity contribution in [2.24, 2.45) is 0 Å². The summed E-state index contributed by atoms with van der Waals surface area (Å²) >= 11 is 0. The molecule has 0 atom stereocenters. The Morgan fingerprint density at radius 3 is 2.86 bits per heavy atom. The number of hydrogen-bond donors (Lipinski definition) is 1. The van der Waals surface area contributed by atoms with Gasteiger partial charge in [-0.05, 0) is 7.05 Å². The van der Waals surface area contributed by atoms with Gasteiger partial charge < -0.3 is 9.73 Å². The summed E-state index contributed by atoms with van der Waals surface area (Å²) in [6.07, 6.45) is 1.43. The SMILES string of the molecule is CNCc1coc2cc(F)cc(F)c12. The molecule has 0 fully saturated rings. The number of hydrogen-bond acceptors (Lipinski definition) is 2. The number of furan rings is 1. The second kappa shape index (κ2) is 3.38. The van der Waals surface area contributed by atoms with Gasteiger partial charge in [0.15, 0.2) is 0 Å². The molecule has 1 aromatic heterocycles. The van der Waals surface area contributed by atoms with Crippen LogP contribution in [0.25, 0.3) is 11.0 Å². The molecule has 0 amide bonds. The molecule has 14 heavy (non-hydrogen) atoms. The lowest BCUT2D eigenvalue weighted by Gasteiger charge is -1.97. The Morgan fingerprint density at radius 2 is 2.14 bits per heavy atom. The van der Waals surface area contributed by atoms with Crippen LogP contribution < -0.4 is 5.32 Å². The van der Waals surface area contributed by atoms with Crippen LogP contribution in [0.3, 0.4) is 0 Å². The van der Waals surface area contributed by atoms with Crippen molar-refractivity contribution < 1.29 is 13.2 Å². The molecule has 0 saturated heterocycles. The van der Waals surface area contributed by atoms with E-state index in [1.165, 1.54) is 12.3 Å². The zero-order valence-corrected chi connectivity index (χ0v) is 7.60. The average molecular weight is 197 g/mol. The molecule has 0 bridgehead atoms. The van der Waals surface area contributed by atoms with Crippen LogP contribution >= 0.6 is 0 Å². The number of halogens is 2. The Bertz CT molecular complexity index is 464. The Labute approximate surface area is 79.5 Å². The van der Waals surface area contributed by atoms with E-state index >= 15 is 0 Å². The van der Waals surface area contributed by atoms with Crippen LogP contribution in [0.5, 0.6) is 0 Å². The topological polar surface area (TPSA) is 25.2 Å². The highest BCUT2D eigenvalue weighted by atomic mass is 19.1. The molecule has 1 N–H and O–H groups in total. The minimum absolute atomic E-state index is 0.243. The molecule has 0 radical (unpaired) electrons. The van der Waals surface area contributed by atoms with E-state index in [1.807, 2.05) is 0 Å². The van der Waals surface area contributed by atoms with Gasteiger partial charge in [-0.15, -0.1) is 0 Å². The van der Waals surface area contributed by atoms with E-state index in [0.29, 0.717) is 17.5 Å². The zero-order chi connectivity index (χ0) is 10.1. The van der Waals surface area contributed by atoms with Gasteiger partial charge in [0.2, 0.25) is 0 Å². The largest absolute Gasteiger partial charge is 0.464 e. The molecular weight excluding hydrogens is 188 g/mol. The van der Waals surface area contributed by atoms with Crippen molar-refractivity contribution in [3.63, 3.8) is 0 Å². The van der Waals surface area contributed by atoms with Gasteiger partial charge >= 0.3 is 0 Å². The first-order valence-electron chi connectivity index (χ1n) is 4.22. The van der Waals surface area contributed by atoms with Crippen molar-refractivity contribution in [1.29, 1.82) is 0 Å². The summed E-state index contributed by atoms with van der Waals surface area (Å²) < 4.78 is 31.2. The maximum absolute atomic E-state index is 13.3. The van der Waals surface area contributed by atoms with Crippen LogP contribution in [-0.2, 0) is 6.54 Å². The fraction of sp³-hybridized carbons (Fsp3) is 0.200. The third-order valence-electron chi connectivity index (χ3n) is 2.04. The standard InChI is InChI=1S/C10H9F2NO/c1-13-4-6-5-14-9-3-7(11)2-8(12)10(6)9/h2-3,5,13H,4H2,1H3. The first-order valence-corrected chi connectivity index (χ1v) is 4.22. The molecule has 0 unspecified atom stereocenters. The molecule has 0 saturated carbocycles. The predicted molar refractivity (Wildman–Crippen MR) is 48.9 cm³/mol. The Hall–Kier alpha value is -1.42. The fourth-order valence-electron chi connectivity index (χ4n) is 1.47. The first kappa shape index (κ1) is 9.15. The lowest BCUT2D eigenvalue weighted by molar-refractivity contribution is 0.576. The molecule has 0 aliphatic rings. The number of nitrogens with one attached hydrogen (secondary N) is 1. The van der Waals surface area contributed by atoms with E-state index in [1.54, 1.807) is 7.05 Å². The monoisotopic (exact) mass is 197 g/mol. The smallest absolute Gasteiger partial charge is 0.140 e. The summed E-state index contributed by atoms with van der Waals surface area (Å²) in [6, 6.07) is 2.04. The second-order valence-corrected chi connectivity index (χ2v) is 3.05. The summed E-state index contributed by atoms with van der Waals surface area (Å²) in [4.78, 5) is 0. The summed E-state index contributed by atoms with van der Waals surface area (Å²) in [5.74, 6) is -1.21. The maximum atomic E-state index is 13.3. The minimum atomic E-state index is -0.625. The van der Waals surface area contributed by atoms with Crippen molar-refractivity contribution in [2.75, 3.05) is 7.05 Å². The molecule has 74 valence electrons. The molecule has 0 spiro atoms. The van der Waals surface area contributed by atoms with Gasteiger partial charge in [0.25, 0.3) is 0 Å². The van der Waals surface area contributed by atoms with Crippen LogP contribution in [0.4, 0.5) is 8.78 Å². The molecule has 0 aliphatic carbocycles. The van der Waals surface area contributed by atoms with Gasteiger partial charge in [-0.25, -0.2) is 8.78 Å². The van der Waals surface area contributed by atoms with Gasteiger partial charge in [0.05, 0.1) is 11.6 Å². The first-order chi connectivity index (χ1) is 6.72. The Kier molecular flexibility index (Phi) is 2.21. The van der Waals surface area contributed by atoms with E-state index in [2.05, 4.69) is 5.32 Å². The molecule has 2 nitrogen and oxygen atoms in total. The quantitative estimate of drug-likeness (QED) is 0.799. The van der Waals surface area contributed by atoms with Crippen molar-refractivity contribution in [3.05, 3.63) is 35.6 Å². The van der Waals surface area contributed by atoms with Crippen molar-refractivity contribution >= 4 is 11.0 Å². The fourth-order valence-corrected chi connectivity index (χ4v) is 1.47. The number of rotatable bonds is 2. The van der Waals surface area contributed by atoms with Crippen LogP contribution in [0.2, 0.25) is 0 Å². The van der Waals surface area contributed by atoms with E-state index in [9.17, 15) is 8.78 Å². The summed E-state index contributed by atoms with van der Waals surface area (Å²) in [5, 5.41) is 3.23. The van der Waals surface area contributed by atoms with Crippen LogP contribution in [0, 0.1) is 11.6 Å². The predicted octanol–water partition coefficient (Wildman–Crippen LogP) is 2.43. The highest BCUT2D eigenvalue weighted by Gasteiger charge is 2.11. The van der Waals surface area contributed by atoms with Gasteiger partial charge in [0, 0.05) is 24.2 Å². The second-order valence-electron chi connectivity index (χ2n) is 3.05. The summed E-state index contributed by atoms with van der Waals surface area (Å²) in [6.45, 7) is 0.496. The van der Waals surface area contributed by atoms with E-state index in [4.69, 9.17) is 4.42 Å². The van der Waals surface area contributed by atoms with Gasteiger partial charge in [-0.1, -0.05) is 0 Å². The molecule has 0 aliphatic heterocycles. The third-order valence-corrected chi connectivity index (χ3v) is 2.04. The van der Waals surface area contributed by atoms with Gasteiger partial charge in [-0.3, -0.25) is 0 Å². The van der Waals surface area contributed by atoms with Crippen LogP contribution in [0.1, 0.15) is 5.56 Å². The summed E-state index contributed by atoms with van der Waals surface area (Å²) in [5.41, 5.74) is 0.938. The number of fused-ring (bicyclic) bond motifs is 1. The molecule has 2 aromatic rings. The molecular formula is C10H9F2NO. The van der Waals surface area contributed by atoms with Gasteiger partial charge in [0.1, 0.15) is 17.2 Å². The average Bonchev–Trinajstić information content (AvgIpc) is 2.49.